The maximum atomic E-state index is 12.2. The lowest BCUT2D eigenvalue weighted by molar-refractivity contribution is 0.197. The molecule has 0 radical (unpaired) electrons. The standard InChI is InChI=1S/C18H23ClN4O2S2/c1-3-26-18-21-8-13(9-22-18)11-23-6-4-5-14(12-23)17-16(27(2,24)25)7-15(19)10-20-17/h7-10,14H,3-6,11-12H2,1-2H3. The number of piperidine rings is 1. The van der Waals surface area contributed by atoms with Gasteiger partial charge in [-0.3, -0.25) is 9.88 Å². The summed E-state index contributed by atoms with van der Waals surface area (Å²) in [6, 6.07) is 1.51. The van der Waals surface area contributed by atoms with Gasteiger partial charge >= 0.3 is 0 Å². The number of halogens is 1. The van der Waals surface area contributed by atoms with Gasteiger partial charge in [-0.1, -0.05) is 30.3 Å². The molecule has 0 N–H and O–H groups in total. The van der Waals surface area contributed by atoms with Gasteiger partial charge in [-0.05, 0) is 31.2 Å². The Hall–Kier alpha value is -1.22. The number of nitrogens with zero attached hydrogens (tertiary/aromatic N) is 4. The van der Waals surface area contributed by atoms with Crippen molar-refractivity contribution >= 4 is 33.2 Å². The molecule has 1 aliphatic rings. The highest BCUT2D eigenvalue weighted by atomic mass is 35.5. The Labute approximate surface area is 169 Å². The zero-order valence-corrected chi connectivity index (χ0v) is 17.8. The minimum absolute atomic E-state index is 0.0663. The second-order valence-electron chi connectivity index (χ2n) is 6.69. The molecule has 0 spiro atoms. The summed E-state index contributed by atoms with van der Waals surface area (Å²) in [4.78, 5) is 15.7. The van der Waals surface area contributed by atoms with E-state index in [1.807, 2.05) is 12.4 Å². The molecular formula is C18H23ClN4O2S2. The smallest absolute Gasteiger partial charge is 0.187 e. The van der Waals surface area contributed by atoms with Crippen LogP contribution in [0.1, 0.15) is 36.9 Å². The van der Waals surface area contributed by atoms with E-state index < -0.39 is 9.84 Å². The molecule has 146 valence electrons. The average Bonchev–Trinajstić information content (AvgIpc) is 2.63. The second-order valence-corrected chi connectivity index (χ2v) is 10.3. The molecule has 2 aromatic rings. The van der Waals surface area contributed by atoms with E-state index in [1.54, 1.807) is 11.8 Å². The minimum Gasteiger partial charge on any atom is -0.298 e. The fourth-order valence-electron chi connectivity index (χ4n) is 3.34. The molecule has 0 amide bonds. The first-order valence-corrected chi connectivity index (χ1v) is 12.1. The van der Waals surface area contributed by atoms with Gasteiger partial charge in [-0.2, -0.15) is 0 Å². The van der Waals surface area contributed by atoms with Gasteiger partial charge in [0, 0.05) is 49.4 Å². The third-order valence-electron chi connectivity index (χ3n) is 4.50. The first-order chi connectivity index (χ1) is 12.9. The molecule has 1 unspecified atom stereocenters. The molecule has 9 heteroatoms. The van der Waals surface area contributed by atoms with E-state index >= 15 is 0 Å². The molecule has 0 saturated carbocycles. The van der Waals surface area contributed by atoms with E-state index in [4.69, 9.17) is 11.6 Å². The largest absolute Gasteiger partial charge is 0.298 e. The van der Waals surface area contributed by atoms with Crippen LogP contribution in [0, 0.1) is 0 Å². The van der Waals surface area contributed by atoms with Gasteiger partial charge < -0.3 is 0 Å². The van der Waals surface area contributed by atoms with Crippen LogP contribution in [0.5, 0.6) is 0 Å². The van der Waals surface area contributed by atoms with Gasteiger partial charge in [0.2, 0.25) is 0 Å². The third-order valence-corrected chi connectivity index (χ3v) is 6.59. The molecule has 1 saturated heterocycles. The predicted molar refractivity (Wildman–Crippen MR) is 108 cm³/mol. The van der Waals surface area contributed by atoms with Crippen LogP contribution in [-0.2, 0) is 16.4 Å². The monoisotopic (exact) mass is 426 g/mol. The number of hydrogen-bond donors (Lipinski definition) is 0. The number of hydrogen-bond acceptors (Lipinski definition) is 7. The van der Waals surface area contributed by atoms with Crippen LogP contribution in [0.25, 0.3) is 0 Å². The highest BCUT2D eigenvalue weighted by molar-refractivity contribution is 7.99. The van der Waals surface area contributed by atoms with Gasteiger partial charge in [-0.15, -0.1) is 0 Å². The van der Waals surface area contributed by atoms with Gasteiger partial charge in [-0.25, -0.2) is 18.4 Å². The Morgan fingerprint density at radius 3 is 2.67 bits per heavy atom. The van der Waals surface area contributed by atoms with Crippen molar-refractivity contribution in [3.8, 4) is 0 Å². The molecule has 3 rings (SSSR count). The Kier molecular flexibility index (Phi) is 6.73. The number of aromatic nitrogens is 3. The molecule has 0 bridgehead atoms. The van der Waals surface area contributed by atoms with Crippen molar-refractivity contribution in [2.24, 2.45) is 0 Å². The van der Waals surface area contributed by atoms with Gasteiger partial charge in [0.1, 0.15) is 0 Å². The number of thioether (sulfide) groups is 1. The highest BCUT2D eigenvalue weighted by Gasteiger charge is 2.27. The van der Waals surface area contributed by atoms with Gasteiger partial charge in [0.05, 0.1) is 15.6 Å². The van der Waals surface area contributed by atoms with Gasteiger partial charge in [0.15, 0.2) is 15.0 Å². The van der Waals surface area contributed by atoms with Crippen molar-refractivity contribution in [1.29, 1.82) is 0 Å². The van der Waals surface area contributed by atoms with Crippen LogP contribution < -0.4 is 0 Å². The first kappa shape index (κ1) is 20.5. The van der Waals surface area contributed by atoms with Crippen molar-refractivity contribution in [2.75, 3.05) is 25.1 Å². The second kappa shape index (κ2) is 8.86. The SMILES string of the molecule is CCSc1ncc(CN2CCCC(c3ncc(Cl)cc3S(C)(=O)=O)C2)cn1. The number of pyridine rings is 1. The van der Waals surface area contributed by atoms with Crippen LogP contribution in [0.2, 0.25) is 5.02 Å². The highest BCUT2D eigenvalue weighted by Crippen LogP contribution is 2.31. The fourth-order valence-corrected chi connectivity index (χ4v) is 5.02. The van der Waals surface area contributed by atoms with Crippen molar-refractivity contribution in [3.63, 3.8) is 0 Å². The summed E-state index contributed by atoms with van der Waals surface area (Å²) in [5.74, 6) is 1.01. The molecule has 1 atom stereocenters. The zero-order chi connectivity index (χ0) is 19.4. The normalized spacial score (nSPS) is 18.6. The minimum atomic E-state index is -3.38. The molecule has 0 aliphatic carbocycles. The molecule has 0 aromatic carbocycles. The van der Waals surface area contributed by atoms with E-state index in [9.17, 15) is 8.42 Å². The summed E-state index contributed by atoms with van der Waals surface area (Å²) >= 11 is 7.60. The molecule has 1 aliphatic heterocycles. The number of rotatable bonds is 6. The summed E-state index contributed by atoms with van der Waals surface area (Å²) in [6.07, 6.45) is 8.38. The van der Waals surface area contributed by atoms with Crippen LogP contribution >= 0.6 is 23.4 Å². The Morgan fingerprint density at radius 2 is 2.00 bits per heavy atom. The number of likely N-dealkylation sites (tertiary alicyclic amines) is 1. The maximum absolute atomic E-state index is 12.2. The summed E-state index contributed by atoms with van der Waals surface area (Å²) in [7, 11) is -3.38. The molecular weight excluding hydrogens is 404 g/mol. The Balaban J connectivity index is 1.75. The molecule has 6 nitrogen and oxygen atoms in total. The van der Waals surface area contributed by atoms with E-state index in [2.05, 4.69) is 26.8 Å². The lowest BCUT2D eigenvalue weighted by Gasteiger charge is -2.33. The molecule has 3 heterocycles. The first-order valence-electron chi connectivity index (χ1n) is 8.88. The average molecular weight is 427 g/mol. The summed E-state index contributed by atoms with van der Waals surface area (Å²) in [5, 5.41) is 1.13. The van der Waals surface area contributed by atoms with Crippen molar-refractivity contribution in [3.05, 3.63) is 40.9 Å². The number of sulfone groups is 1. The lowest BCUT2D eigenvalue weighted by atomic mass is 9.94. The van der Waals surface area contributed by atoms with E-state index in [-0.39, 0.29) is 10.8 Å². The summed E-state index contributed by atoms with van der Waals surface area (Å²) < 4.78 is 24.4. The Bertz CT molecular complexity index is 891. The van der Waals surface area contributed by atoms with Crippen molar-refractivity contribution in [1.82, 2.24) is 19.9 Å². The fraction of sp³-hybridized carbons (Fsp3) is 0.500. The van der Waals surface area contributed by atoms with E-state index in [0.29, 0.717) is 10.7 Å². The molecule has 2 aromatic heterocycles. The predicted octanol–water partition coefficient (Wildman–Crippen LogP) is 3.42. The Morgan fingerprint density at radius 1 is 1.26 bits per heavy atom. The molecule has 27 heavy (non-hydrogen) atoms. The van der Waals surface area contributed by atoms with Crippen molar-refractivity contribution < 1.29 is 8.42 Å². The van der Waals surface area contributed by atoms with Crippen molar-refractivity contribution in [2.45, 2.75) is 42.3 Å². The van der Waals surface area contributed by atoms with E-state index in [1.165, 1.54) is 18.5 Å². The van der Waals surface area contributed by atoms with Crippen LogP contribution in [0.15, 0.2) is 34.7 Å². The van der Waals surface area contributed by atoms with Gasteiger partial charge in [0.25, 0.3) is 0 Å². The van der Waals surface area contributed by atoms with Crippen LogP contribution in [0.3, 0.4) is 0 Å². The summed E-state index contributed by atoms with van der Waals surface area (Å²) in [6.45, 7) is 4.53. The van der Waals surface area contributed by atoms with E-state index in [0.717, 1.165) is 48.9 Å². The topological polar surface area (TPSA) is 76.1 Å². The third kappa shape index (κ3) is 5.40. The zero-order valence-electron chi connectivity index (χ0n) is 15.4. The van der Waals surface area contributed by atoms with Crippen LogP contribution in [-0.4, -0.2) is 53.4 Å². The quantitative estimate of drug-likeness (QED) is 0.517. The summed E-state index contributed by atoms with van der Waals surface area (Å²) in [5.41, 5.74) is 1.68. The molecule has 1 fully saturated rings. The maximum Gasteiger partial charge on any atom is 0.187 e. The lowest BCUT2D eigenvalue weighted by Crippen LogP contribution is -2.34. The van der Waals surface area contributed by atoms with Crippen LogP contribution in [0.4, 0.5) is 0 Å².